The van der Waals surface area contributed by atoms with Gasteiger partial charge in [0.1, 0.15) is 4.21 Å². The van der Waals surface area contributed by atoms with E-state index in [4.69, 9.17) is 16.7 Å². The summed E-state index contributed by atoms with van der Waals surface area (Å²) < 4.78 is 27.3. The third-order valence-corrected chi connectivity index (χ3v) is 6.07. The lowest BCUT2D eigenvalue weighted by Crippen LogP contribution is -2.15. The van der Waals surface area contributed by atoms with Gasteiger partial charge in [-0.2, -0.15) is 0 Å². The van der Waals surface area contributed by atoms with Crippen LogP contribution in [0.1, 0.15) is 10.4 Å². The van der Waals surface area contributed by atoms with Crippen molar-refractivity contribution in [3.63, 3.8) is 0 Å². The zero-order chi connectivity index (χ0) is 14.9. The maximum Gasteiger partial charge on any atom is 0.337 e. The van der Waals surface area contributed by atoms with Gasteiger partial charge in [-0.05, 0) is 40.2 Å². The summed E-state index contributed by atoms with van der Waals surface area (Å²) in [6.07, 6.45) is 0. The Bertz CT molecular complexity index is 772. The minimum absolute atomic E-state index is 0.0177. The van der Waals surface area contributed by atoms with Crippen LogP contribution in [0, 0.1) is 0 Å². The average Bonchev–Trinajstić information content (AvgIpc) is 2.79. The molecule has 0 amide bonds. The number of para-hydroxylation sites is 1. The molecule has 0 radical (unpaired) electrons. The third kappa shape index (κ3) is 3.14. The van der Waals surface area contributed by atoms with Gasteiger partial charge in [0.15, 0.2) is 0 Å². The molecule has 1 aromatic heterocycles. The highest BCUT2D eigenvalue weighted by molar-refractivity contribution is 9.11. The molecule has 0 aliphatic carbocycles. The molecule has 20 heavy (non-hydrogen) atoms. The number of carbonyl (C=O) groups is 1. The molecule has 1 aromatic carbocycles. The number of hydrogen-bond donors (Lipinski definition) is 2. The Balaban J connectivity index is 2.47. The number of carboxylic acid groups (broad SMARTS) is 1. The predicted molar refractivity (Wildman–Crippen MR) is 81.2 cm³/mol. The van der Waals surface area contributed by atoms with E-state index in [1.165, 1.54) is 24.3 Å². The average molecular weight is 397 g/mol. The Morgan fingerprint density at radius 2 is 2.00 bits per heavy atom. The molecule has 9 heteroatoms. The number of nitrogens with one attached hydrogen (secondary N) is 1. The van der Waals surface area contributed by atoms with Crippen molar-refractivity contribution in [1.29, 1.82) is 0 Å². The van der Waals surface area contributed by atoms with E-state index in [0.717, 1.165) is 11.3 Å². The number of anilines is 1. The first kappa shape index (κ1) is 15.3. The summed E-state index contributed by atoms with van der Waals surface area (Å²) in [6, 6.07) is 7.12. The van der Waals surface area contributed by atoms with Crippen LogP contribution in [0.25, 0.3) is 0 Å². The van der Waals surface area contributed by atoms with E-state index in [1.54, 1.807) is 6.07 Å². The van der Waals surface area contributed by atoms with Gasteiger partial charge in [0.05, 0.1) is 20.1 Å². The first-order valence-corrected chi connectivity index (χ1v) is 8.58. The molecule has 1 heterocycles. The zero-order valence-electron chi connectivity index (χ0n) is 9.63. The van der Waals surface area contributed by atoms with E-state index in [9.17, 15) is 13.2 Å². The highest BCUT2D eigenvalue weighted by Crippen LogP contribution is 2.31. The fraction of sp³-hybridized carbons (Fsp3) is 0. The van der Waals surface area contributed by atoms with Gasteiger partial charge in [0, 0.05) is 0 Å². The maximum atomic E-state index is 12.2. The Hall–Kier alpha value is -1.09. The molecular weight excluding hydrogens is 390 g/mol. The van der Waals surface area contributed by atoms with Crippen LogP contribution in [0.15, 0.2) is 38.3 Å². The first-order chi connectivity index (χ1) is 9.31. The molecule has 2 aromatic rings. The molecular formula is C11H7BrClNO4S2. The van der Waals surface area contributed by atoms with Crippen LogP contribution in [-0.4, -0.2) is 19.5 Å². The van der Waals surface area contributed by atoms with E-state index >= 15 is 0 Å². The molecule has 2 N–H and O–H groups in total. The van der Waals surface area contributed by atoms with Crippen molar-refractivity contribution in [3.05, 3.63) is 44.7 Å². The van der Waals surface area contributed by atoms with E-state index in [-0.39, 0.29) is 20.5 Å². The van der Waals surface area contributed by atoms with Crippen molar-refractivity contribution in [3.8, 4) is 0 Å². The Morgan fingerprint density at radius 3 is 2.55 bits per heavy atom. The van der Waals surface area contributed by atoms with Gasteiger partial charge in [0.25, 0.3) is 10.0 Å². The van der Waals surface area contributed by atoms with Crippen LogP contribution in [-0.2, 0) is 10.0 Å². The fourth-order valence-corrected chi connectivity index (χ4v) is 4.82. The Labute approximate surface area is 132 Å². The summed E-state index contributed by atoms with van der Waals surface area (Å²) in [6.45, 7) is 0. The van der Waals surface area contributed by atoms with Crippen molar-refractivity contribution in [2.75, 3.05) is 4.72 Å². The van der Waals surface area contributed by atoms with E-state index < -0.39 is 16.0 Å². The maximum absolute atomic E-state index is 12.2. The molecule has 0 aliphatic heterocycles. The number of carboxylic acids is 1. The quantitative estimate of drug-likeness (QED) is 0.826. The van der Waals surface area contributed by atoms with Gasteiger partial charge in [-0.25, -0.2) is 13.2 Å². The number of aromatic carboxylic acids is 1. The van der Waals surface area contributed by atoms with Gasteiger partial charge < -0.3 is 5.11 Å². The minimum Gasteiger partial charge on any atom is -0.478 e. The molecule has 0 fully saturated rings. The molecule has 0 bridgehead atoms. The van der Waals surface area contributed by atoms with Gasteiger partial charge >= 0.3 is 5.97 Å². The molecule has 5 nitrogen and oxygen atoms in total. The minimum atomic E-state index is -3.88. The molecule has 2 rings (SSSR count). The molecule has 0 atom stereocenters. The molecule has 0 saturated heterocycles. The molecule has 0 saturated carbocycles. The predicted octanol–water partition coefficient (Wildman–Crippen LogP) is 3.66. The standard InChI is InChI=1S/C11H7BrClNO4S2/c12-8-4-5-9(19-8)20(17,18)14-10-6(11(15)16)2-1-3-7(10)13/h1-5,14H,(H,15,16). The number of benzene rings is 1. The normalized spacial score (nSPS) is 11.3. The van der Waals surface area contributed by atoms with Gasteiger partial charge in [0.2, 0.25) is 0 Å². The molecule has 0 unspecified atom stereocenters. The van der Waals surface area contributed by atoms with E-state index in [1.807, 2.05) is 0 Å². The van der Waals surface area contributed by atoms with Crippen LogP contribution in [0.4, 0.5) is 5.69 Å². The Morgan fingerprint density at radius 1 is 1.30 bits per heavy atom. The summed E-state index contributed by atoms with van der Waals surface area (Å²) in [7, 11) is -3.88. The van der Waals surface area contributed by atoms with Crippen molar-refractivity contribution < 1.29 is 18.3 Å². The summed E-state index contributed by atoms with van der Waals surface area (Å²) >= 11 is 10.1. The van der Waals surface area contributed by atoms with Crippen LogP contribution in [0.2, 0.25) is 5.02 Å². The second kappa shape index (κ2) is 5.72. The van der Waals surface area contributed by atoms with E-state index in [2.05, 4.69) is 20.7 Å². The van der Waals surface area contributed by atoms with Crippen molar-refractivity contribution in [2.24, 2.45) is 0 Å². The van der Waals surface area contributed by atoms with Gasteiger partial charge in [-0.3, -0.25) is 4.72 Å². The smallest absolute Gasteiger partial charge is 0.337 e. The van der Waals surface area contributed by atoms with Gasteiger partial charge in [-0.1, -0.05) is 17.7 Å². The highest BCUT2D eigenvalue weighted by atomic mass is 79.9. The lowest BCUT2D eigenvalue weighted by Gasteiger charge is -2.10. The molecule has 0 aliphatic rings. The monoisotopic (exact) mass is 395 g/mol. The lowest BCUT2D eigenvalue weighted by molar-refractivity contribution is 0.0698. The zero-order valence-corrected chi connectivity index (χ0v) is 13.6. The molecule has 0 spiro atoms. The van der Waals surface area contributed by atoms with Crippen LogP contribution < -0.4 is 4.72 Å². The fourth-order valence-electron chi connectivity index (χ4n) is 1.43. The van der Waals surface area contributed by atoms with Crippen LogP contribution in [0.3, 0.4) is 0 Å². The summed E-state index contributed by atoms with van der Waals surface area (Å²) in [4.78, 5) is 11.1. The number of thiophene rings is 1. The highest BCUT2D eigenvalue weighted by Gasteiger charge is 2.22. The largest absolute Gasteiger partial charge is 0.478 e. The summed E-state index contributed by atoms with van der Waals surface area (Å²) in [5.74, 6) is -1.27. The number of halogens is 2. The van der Waals surface area contributed by atoms with Crippen LogP contribution in [0.5, 0.6) is 0 Å². The van der Waals surface area contributed by atoms with Crippen molar-refractivity contribution in [1.82, 2.24) is 0 Å². The first-order valence-electron chi connectivity index (χ1n) is 5.11. The molecule has 106 valence electrons. The van der Waals surface area contributed by atoms with E-state index in [0.29, 0.717) is 3.79 Å². The SMILES string of the molecule is O=C(O)c1cccc(Cl)c1NS(=O)(=O)c1ccc(Br)s1. The lowest BCUT2D eigenvalue weighted by atomic mass is 10.2. The Kier molecular flexibility index (Phi) is 4.38. The number of rotatable bonds is 4. The summed E-state index contributed by atoms with van der Waals surface area (Å²) in [5.41, 5.74) is -0.358. The number of hydrogen-bond acceptors (Lipinski definition) is 4. The van der Waals surface area contributed by atoms with Gasteiger partial charge in [-0.15, -0.1) is 11.3 Å². The third-order valence-electron chi connectivity index (χ3n) is 2.29. The summed E-state index contributed by atoms with van der Waals surface area (Å²) in [5, 5.41) is 9.08. The van der Waals surface area contributed by atoms with Crippen LogP contribution >= 0.6 is 38.9 Å². The second-order valence-electron chi connectivity index (χ2n) is 3.63. The van der Waals surface area contributed by atoms with Crippen molar-refractivity contribution >= 4 is 60.5 Å². The topological polar surface area (TPSA) is 83.5 Å². The van der Waals surface area contributed by atoms with Crippen molar-refractivity contribution in [2.45, 2.75) is 4.21 Å². The number of sulfonamides is 1. The second-order valence-corrected chi connectivity index (χ2v) is 8.41.